The lowest BCUT2D eigenvalue weighted by atomic mass is 9.96. The summed E-state index contributed by atoms with van der Waals surface area (Å²) in [7, 11) is 1.44. The zero-order valence-electron chi connectivity index (χ0n) is 13.5. The van der Waals surface area contributed by atoms with Gasteiger partial charge in [-0.1, -0.05) is 0 Å². The molecule has 0 saturated carbocycles. The van der Waals surface area contributed by atoms with E-state index in [1.165, 1.54) is 31.3 Å². The number of piperidine rings is 1. The number of nitrogens with zero attached hydrogens (tertiary/aromatic N) is 1. The second-order valence-electron chi connectivity index (χ2n) is 5.67. The van der Waals surface area contributed by atoms with Gasteiger partial charge in [0.15, 0.2) is 0 Å². The summed E-state index contributed by atoms with van der Waals surface area (Å²) in [6, 6.07) is 5.09. The van der Waals surface area contributed by atoms with E-state index in [0.717, 1.165) is 0 Å². The van der Waals surface area contributed by atoms with Crippen molar-refractivity contribution in [2.75, 3.05) is 32.0 Å². The van der Waals surface area contributed by atoms with Crippen LogP contribution in [-0.2, 0) is 9.59 Å². The highest BCUT2D eigenvalue weighted by molar-refractivity contribution is 5.95. The summed E-state index contributed by atoms with van der Waals surface area (Å²) in [5, 5.41) is 7.30. The van der Waals surface area contributed by atoms with Crippen LogP contribution in [0, 0.1) is 11.7 Å². The van der Waals surface area contributed by atoms with Crippen LogP contribution in [0.25, 0.3) is 0 Å². The van der Waals surface area contributed by atoms with Gasteiger partial charge in [-0.05, 0) is 50.2 Å². The lowest BCUT2D eigenvalue weighted by Gasteiger charge is -2.30. The SMILES string of the molecule is CNC(=O)NC(=O)CN1CCC(C(=O)Nc2ccc(F)cc2)CC1. The van der Waals surface area contributed by atoms with Crippen molar-refractivity contribution in [3.05, 3.63) is 30.1 Å². The molecule has 0 bridgehead atoms. The molecule has 0 unspecified atom stereocenters. The Kier molecular flexibility index (Phi) is 6.25. The zero-order valence-corrected chi connectivity index (χ0v) is 13.5. The molecular weight excluding hydrogens is 315 g/mol. The largest absolute Gasteiger partial charge is 0.341 e. The van der Waals surface area contributed by atoms with Gasteiger partial charge < -0.3 is 10.6 Å². The first kappa shape index (κ1) is 17.9. The topological polar surface area (TPSA) is 90.5 Å². The number of rotatable bonds is 4. The van der Waals surface area contributed by atoms with Crippen LogP contribution in [0.15, 0.2) is 24.3 Å². The standard InChI is InChI=1S/C16H21FN4O3/c1-18-16(24)20-14(22)10-21-8-6-11(7-9-21)15(23)19-13-4-2-12(17)3-5-13/h2-5,11H,6-10H2,1H3,(H,19,23)(H2,18,20,22,24). The zero-order chi connectivity index (χ0) is 17.5. The number of benzene rings is 1. The summed E-state index contributed by atoms with van der Waals surface area (Å²) in [6.07, 6.45) is 1.25. The highest BCUT2D eigenvalue weighted by Crippen LogP contribution is 2.19. The monoisotopic (exact) mass is 336 g/mol. The number of halogens is 1. The number of carbonyl (C=O) groups is 3. The van der Waals surface area contributed by atoms with E-state index in [9.17, 15) is 18.8 Å². The molecule has 1 aromatic rings. The van der Waals surface area contributed by atoms with Crippen LogP contribution in [0.1, 0.15) is 12.8 Å². The van der Waals surface area contributed by atoms with E-state index >= 15 is 0 Å². The van der Waals surface area contributed by atoms with Crippen LogP contribution < -0.4 is 16.0 Å². The number of imide groups is 1. The van der Waals surface area contributed by atoms with E-state index in [-0.39, 0.29) is 30.1 Å². The van der Waals surface area contributed by atoms with Gasteiger partial charge in [-0.3, -0.25) is 19.8 Å². The van der Waals surface area contributed by atoms with Crippen LogP contribution in [0.3, 0.4) is 0 Å². The maximum atomic E-state index is 12.9. The second kappa shape index (κ2) is 8.39. The fraction of sp³-hybridized carbons (Fsp3) is 0.438. The number of urea groups is 1. The smallest absolute Gasteiger partial charge is 0.321 e. The van der Waals surface area contributed by atoms with Gasteiger partial charge in [-0.2, -0.15) is 0 Å². The van der Waals surface area contributed by atoms with Crippen molar-refractivity contribution >= 4 is 23.5 Å². The van der Waals surface area contributed by atoms with E-state index in [0.29, 0.717) is 31.6 Å². The van der Waals surface area contributed by atoms with Crippen molar-refractivity contribution in [2.24, 2.45) is 5.92 Å². The van der Waals surface area contributed by atoms with Crippen LogP contribution in [0.2, 0.25) is 0 Å². The fourth-order valence-electron chi connectivity index (χ4n) is 2.56. The van der Waals surface area contributed by atoms with E-state index in [4.69, 9.17) is 0 Å². The minimum Gasteiger partial charge on any atom is -0.341 e. The van der Waals surface area contributed by atoms with Gasteiger partial charge in [-0.15, -0.1) is 0 Å². The number of nitrogens with one attached hydrogen (secondary N) is 3. The Balaban J connectivity index is 1.75. The number of carbonyl (C=O) groups excluding carboxylic acids is 3. The normalized spacial score (nSPS) is 15.6. The summed E-state index contributed by atoms with van der Waals surface area (Å²) < 4.78 is 12.9. The Bertz CT molecular complexity index is 598. The summed E-state index contributed by atoms with van der Waals surface area (Å²) in [5.74, 6) is -0.968. The number of hydrogen-bond acceptors (Lipinski definition) is 4. The quantitative estimate of drug-likeness (QED) is 0.763. The maximum absolute atomic E-state index is 12.9. The molecule has 0 aliphatic carbocycles. The third-order valence-corrected chi connectivity index (χ3v) is 3.92. The van der Waals surface area contributed by atoms with Crippen LogP contribution in [-0.4, -0.2) is 49.4 Å². The summed E-state index contributed by atoms with van der Waals surface area (Å²) in [5.41, 5.74) is 0.564. The summed E-state index contributed by atoms with van der Waals surface area (Å²) in [6.45, 7) is 1.32. The Hall–Kier alpha value is -2.48. The Morgan fingerprint density at radius 3 is 2.38 bits per heavy atom. The highest BCUT2D eigenvalue weighted by atomic mass is 19.1. The van der Waals surface area contributed by atoms with Crippen molar-refractivity contribution < 1.29 is 18.8 Å². The number of amides is 4. The molecule has 24 heavy (non-hydrogen) atoms. The molecule has 7 nitrogen and oxygen atoms in total. The lowest BCUT2D eigenvalue weighted by Crippen LogP contribution is -2.46. The first-order valence-electron chi connectivity index (χ1n) is 7.78. The van der Waals surface area contributed by atoms with Crippen LogP contribution in [0.4, 0.5) is 14.9 Å². The van der Waals surface area contributed by atoms with Crippen molar-refractivity contribution in [1.82, 2.24) is 15.5 Å². The third kappa shape index (κ3) is 5.31. The Morgan fingerprint density at radius 2 is 1.79 bits per heavy atom. The number of anilines is 1. The second-order valence-corrected chi connectivity index (χ2v) is 5.67. The van der Waals surface area contributed by atoms with Crippen molar-refractivity contribution in [3.63, 3.8) is 0 Å². The van der Waals surface area contributed by atoms with Crippen molar-refractivity contribution in [2.45, 2.75) is 12.8 Å². The number of likely N-dealkylation sites (tertiary alicyclic amines) is 1. The average Bonchev–Trinajstić information content (AvgIpc) is 2.57. The molecule has 0 aromatic heterocycles. The van der Waals surface area contributed by atoms with Gasteiger partial charge in [0.05, 0.1) is 6.54 Å². The lowest BCUT2D eigenvalue weighted by molar-refractivity contribution is -0.122. The maximum Gasteiger partial charge on any atom is 0.321 e. The predicted octanol–water partition coefficient (Wildman–Crippen LogP) is 0.932. The molecule has 3 N–H and O–H groups in total. The Morgan fingerprint density at radius 1 is 1.17 bits per heavy atom. The average molecular weight is 336 g/mol. The summed E-state index contributed by atoms with van der Waals surface area (Å²) >= 11 is 0. The van der Waals surface area contributed by atoms with Gasteiger partial charge in [0.1, 0.15) is 5.82 Å². The molecule has 1 aromatic carbocycles. The van der Waals surface area contributed by atoms with Crippen LogP contribution >= 0.6 is 0 Å². The van der Waals surface area contributed by atoms with E-state index in [1.807, 2.05) is 4.90 Å². The fourth-order valence-corrected chi connectivity index (χ4v) is 2.56. The molecule has 0 atom stereocenters. The highest BCUT2D eigenvalue weighted by Gasteiger charge is 2.26. The van der Waals surface area contributed by atoms with Gasteiger partial charge in [0.25, 0.3) is 0 Å². The molecule has 8 heteroatoms. The molecule has 1 saturated heterocycles. The van der Waals surface area contributed by atoms with Crippen molar-refractivity contribution in [3.8, 4) is 0 Å². The first-order chi connectivity index (χ1) is 11.5. The third-order valence-electron chi connectivity index (χ3n) is 3.92. The molecule has 1 aliphatic heterocycles. The predicted molar refractivity (Wildman–Crippen MR) is 86.8 cm³/mol. The van der Waals surface area contributed by atoms with Gasteiger partial charge in [0.2, 0.25) is 11.8 Å². The Labute approximate surface area is 139 Å². The summed E-state index contributed by atoms with van der Waals surface area (Å²) in [4.78, 5) is 36.8. The molecule has 1 aliphatic rings. The van der Waals surface area contributed by atoms with E-state index in [2.05, 4.69) is 16.0 Å². The van der Waals surface area contributed by atoms with Gasteiger partial charge in [-0.25, -0.2) is 9.18 Å². The number of hydrogen-bond donors (Lipinski definition) is 3. The van der Waals surface area contributed by atoms with Crippen molar-refractivity contribution in [1.29, 1.82) is 0 Å². The van der Waals surface area contributed by atoms with E-state index < -0.39 is 6.03 Å². The van der Waals surface area contributed by atoms with Gasteiger partial charge >= 0.3 is 6.03 Å². The molecule has 1 fully saturated rings. The minimum atomic E-state index is -0.534. The van der Waals surface area contributed by atoms with E-state index in [1.54, 1.807) is 0 Å². The molecule has 0 spiro atoms. The molecular formula is C16H21FN4O3. The molecule has 0 radical (unpaired) electrons. The first-order valence-corrected chi connectivity index (χ1v) is 7.78. The molecule has 1 heterocycles. The molecule has 2 rings (SSSR count). The molecule has 4 amide bonds. The minimum absolute atomic E-state index is 0.101. The van der Waals surface area contributed by atoms with Crippen LogP contribution in [0.5, 0.6) is 0 Å². The van der Waals surface area contributed by atoms with Gasteiger partial charge in [0, 0.05) is 18.7 Å². The molecule has 130 valence electrons.